The Balaban J connectivity index is 1.05. The molecule has 0 aliphatic carbocycles. The minimum absolute atomic E-state index is 0.0689. The molecule has 5 heterocycles. The normalized spacial score (nSPS) is 22.5. The van der Waals surface area contributed by atoms with E-state index in [-0.39, 0.29) is 36.3 Å². The summed E-state index contributed by atoms with van der Waals surface area (Å²) in [5.41, 5.74) is 1.92. The lowest BCUT2D eigenvalue weighted by Gasteiger charge is -2.26. The van der Waals surface area contributed by atoms with E-state index in [0.717, 1.165) is 10.6 Å². The lowest BCUT2D eigenvalue weighted by molar-refractivity contribution is -0.117. The molecule has 0 bridgehead atoms. The average molecular weight is 499 g/mol. The van der Waals surface area contributed by atoms with E-state index in [2.05, 4.69) is 20.9 Å². The Morgan fingerprint density at radius 2 is 2.06 bits per heavy atom. The Morgan fingerprint density at radius 1 is 1.17 bits per heavy atom. The summed E-state index contributed by atoms with van der Waals surface area (Å²) < 4.78 is 20.1. The number of cyclic esters (lactones) is 1. The number of rotatable bonds is 6. The molecule has 4 aliphatic heterocycles. The van der Waals surface area contributed by atoms with Gasteiger partial charge in [-0.25, -0.2) is 14.2 Å². The number of carbonyl (C=O) groups is 3. The van der Waals surface area contributed by atoms with Crippen LogP contribution in [0.3, 0.4) is 0 Å². The molecule has 0 saturated carbocycles. The molecule has 2 aromatic rings. The zero-order valence-corrected chi connectivity index (χ0v) is 19.5. The van der Waals surface area contributed by atoms with Gasteiger partial charge < -0.3 is 25.6 Å². The molecular weight excluding hydrogens is 475 g/mol. The highest BCUT2D eigenvalue weighted by Gasteiger charge is 2.39. The number of fused-ring (bicyclic) bond motifs is 1. The van der Waals surface area contributed by atoms with Gasteiger partial charge >= 0.3 is 6.09 Å². The fourth-order valence-corrected chi connectivity index (χ4v) is 5.70. The van der Waals surface area contributed by atoms with E-state index >= 15 is 0 Å². The molecule has 2 atom stereocenters. The molecule has 10 nitrogen and oxygen atoms in total. The number of thioether (sulfide) groups is 1. The molecule has 1 saturated heterocycles. The maximum absolute atomic E-state index is 14.6. The summed E-state index contributed by atoms with van der Waals surface area (Å²) in [6.45, 7) is 1.55. The number of ether oxygens (including phenoxy) is 1. The van der Waals surface area contributed by atoms with Crippen molar-refractivity contribution in [1.82, 2.24) is 10.3 Å². The van der Waals surface area contributed by atoms with Crippen LogP contribution in [0.2, 0.25) is 0 Å². The number of nitrogens with zero attached hydrogens (tertiary/aromatic N) is 3. The maximum Gasteiger partial charge on any atom is 0.415 e. The van der Waals surface area contributed by atoms with Gasteiger partial charge in [0.15, 0.2) is 0 Å². The molecule has 182 valence electrons. The molecule has 3 amide bonds. The molecule has 1 aromatic carbocycles. The van der Waals surface area contributed by atoms with Crippen LogP contribution < -0.4 is 25.8 Å². The summed E-state index contributed by atoms with van der Waals surface area (Å²) in [7, 11) is 0. The van der Waals surface area contributed by atoms with E-state index in [1.807, 2.05) is 6.07 Å². The standard InChI is InChI=1S/C23H23FN6O4S/c24-13-3-4-14-21-20(13)15(10-30(21)19(32)8-26-14)25-7-1-2-12-9-29(23(33)34-12)17-6-5-16-22(27-17)28-18(31)11-35-16/h3-6,12,15,25-26H,1-2,7-11H2,(H,27,28,31)/t12-,15+/m1/s1. The second-order valence-corrected chi connectivity index (χ2v) is 9.85. The van der Waals surface area contributed by atoms with Gasteiger partial charge in [-0.15, -0.1) is 11.8 Å². The molecule has 0 radical (unpaired) electrons. The number of hydrogen-bond acceptors (Lipinski definition) is 8. The van der Waals surface area contributed by atoms with Crippen LogP contribution in [0.25, 0.3) is 0 Å². The Morgan fingerprint density at radius 3 is 2.94 bits per heavy atom. The molecular formula is C23H23FN6O4S. The van der Waals surface area contributed by atoms with Crippen LogP contribution in [0.15, 0.2) is 29.2 Å². The van der Waals surface area contributed by atoms with Gasteiger partial charge in [0.05, 0.1) is 41.2 Å². The van der Waals surface area contributed by atoms with Crippen LogP contribution in [0.5, 0.6) is 0 Å². The van der Waals surface area contributed by atoms with Crippen molar-refractivity contribution < 1.29 is 23.5 Å². The van der Waals surface area contributed by atoms with Gasteiger partial charge in [0.2, 0.25) is 11.8 Å². The number of aromatic nitrogens is 1. The van der Waals surface area contributed by atoms with E-state index in [1.54, 1.807) is 17.0 Å². The number of halogens is 1. The van der Waals surface area contributed by atoms with Crippen molar-refractivity contribution in [2.75, 3.05) is 52.4 Å². The predicted octanol–water partition coefficient (Wildman–Crippen LogP) is 2.47. The Hall–Kier alpha value is -3.38. The minimum atomic E-state index is -0.468. The SMILES string of the molecule is O=C1CSc2ccc(N3C[C@@H](CCCN[C@H]4CN5C(=O)CNc6ccc(F)c4c65)OC3=O)nc2N1. The Labute approximate surface area is 204 Å². The topological polar surface area (TPSA) is 116 Å². The van der Waals surface area contributed by atoms with Crippen molar-refractivity contribution in [1.29, 1.82) is 0 Å². The Kier molecular flexibility index (Phi) is 5.49. The van der Waals surface area contributed by atoms with Gasteiger partial charge in [-0.05, 0) is 43.7 Å². The number of anilines is 4. The third kappa shape index (κ3) is 3.96. The number of benzene rings is 1. The van der Waals surface area contributed by atoms with Crippen LogP contribution in [0, 0.1) is 5.82 Å². The first-order valence-corrected chi connectivity index (χ1v) is 12.5. The summed E-state index contributed by atoms with van der Waals surface area (Å²) >= 11 is 1.41. The maximum atomic E-state index is 14.6. The van der Waals surface area contributed by atoms with Crippen molar-refractivity contribution in [3.63, 3.8) is 0 Å². The van der Waals surface area contributed by atoms with Gasteiger partial charge in [-0.3, -0.25) is 14.5 Å². The molecule has 4 aliphatic rings. The lowest BCUT2D eigenvalue weighted by Crippen LogP contribution is -2.39. The highest BCUT2D eigenvalue weighted by Crippen LogP contribution is 2.44. The third-order valence-corrected chi connectivity index (χ3v) is 7.63. The monoisotopic (exact) mass is 498 g/mol. The molecule has 1 aromatic heterocycles. The van der Waals surface area contributed by atoms with E-state index in [1.165, 1.54) is 22.7 Å². The van der Waals surface area contributed by atoms with Crippen molar-refractivity contribution >= 4 is 52.7 Å². The Bertz CT molecular complexity index is 1240. The zero-order valence-electron chi connectivity index (χ0n) is 18.7. The van der Waals surface area contributed by atoms with Crippen molar-refractivity contribution in [2.45, 2.75) is 29.9 Å². The summed E-state index contributed by atoms with van der Waals surface area (Å²) in [5, 5.41) is 9.15. The third-order valence-electron chi connectivity index (χ3n) is 6.58. The highest BCUT2D eigenvalue weighted by molar-refractivity contribution is 8.00. The van der Waals surface area contributed by atoms with Crippen LogP contribution in [-0.4, -0.2) is 60.9 Å². The van der Waals surface area contributed by atoms with E-state index in [0.29, 0.717) is 61.1 Å². The smallest absolute Gasteiger partial charge is 0.415 e. The van der Waals surface area contributed by atoms with Gasteiger partial charge in [-0.1, -0.05) is 0 Å². The van der Waals surface area contributed by atoms with Crippen molar-refractivity contribution in [3.05, 3.63) is 35.6 Å². The lowest BCUT2D eigenvalue weighted by atomic mass is 10.1. The van der Waals surface area contributed by atoms with E-state index in [4.69, 9.17) is 4.74 Å². The number of carbonyl (C=O) groups excluding carboxylic acids is 3. The van der Waals surface area contributed by atoms with Crippen LogP contribution in [0.4, 0.5) is 32.2 Å². The van der Waals surface area contributed by atoms with Crippen LogP contribution >= 0.6 is 11.8 Å². The minimum Gasteiger partial charge on any atom is -0.444 e. The molecule has 3 N–H and O–H groups in total. The second-order valence-electron chi connectivity index (χ2n) is 8.83. The van der Waals surface area contributed by atoms with Gasteiger partial charge in [0, 0.05) is 12.1 Å². The molecule has 1 fully saturated rings. The first kappa shape index (κ1) is 22.1. The molecule has 35 heavy (non-hydrogen) atoms. The van der Waals surface area contributed by atoms with Crippen molar-refractivity contribution in [2.24, 2.45) is 0 Å². The molecule has 6 rings (SSSR count). The first-order chi connectivity index (χ1) is 17.0. The number of amides is 3. The number of hydrogen-bond donors (Lipinski definition) is 3. The quantitative estimate of drug-likeness (QED) is 0.521. The van der Waals surface area contributed by atoms with Gasteiger partial charge in [0.25, 0.3) is 0 Å². The second kappa shape index (κ2) is 8.68. The summed E-state index contributed by atoms with van der Waals surface area (Å²) in [6, 6.07) is 6.41. The predicted molar refractivity (Wildman–Crippen MR) is 128 cm³/mol. The zero-order chi connectivity index (χ0) is 24.1. The van der Waals surface area contributed by atoms with Gasteiger partial charge in [-0.2, -0.15) is 0 Å². The summed E-state index contributed by atoms with van der Waals surface area (Å²) in [5.74, 6) is 0.737. The molecule has 0 unspecified atom stereocenters. The van der Waals surface area contributed by atoms with Crippen molar-refractivity contribution in [3.8, 4) is 0 Å². The van der Waals surface area contributed by atoms with Crippen LogP contribution in [-0.2, 0) is 14.3 Å². The average Bonchev–Trinajstić information content (AvgIpc) is 3.42. The van der Waals surface area contributed by atoms with E-state index in [9.17, 15) is 18.8 Å². The highest BCUT2D eigenvalue weighted by atomic mass is 32.2. The fourth-order valence-electron chi connectivity index (χ4n) is 4.94. The molecule has 12 heteroatoms. The summed E-state index contributed by atoms with van der Waals surface area (Å²) in [6.07, 6.45) is 0.563. The fraction of sp³-hybridized carbons (Fsp3) is 0.391. The van der Waals surface area contributed by atoms with Gasteiger partial charge in [0.1, 0.15) is 23.6 Å². The first-order valence-electron chi connectivity index (χ1n) is 11.5. The largest absolute Gasteiger partial charge is 0.444 e. The summed E-state index contributed by atoms with van der Waals surface area (Å²) in [4.78, 5) is 44.8. The molecule has 0 spiro atoms. The van der Waals surface area contributed by atoms with Crippen LogP contribution in [0.1, 0.15) is 24.4 Å². The van der Waals surface area contributed by atoms with E-state index < -0.39 is 6.09 Å². The number of nitrogens with one attached hydrogen (secondary N) is 3. The number of pyridine rings is 1.